The van der Waals surface area contributed by atoms with Gasteiger partial charge in [-0.2, -0.15) is 0 Å². The monoisotopic (exact) mass is 271 g/mol. The molecule has 0 spiro atoms. The third-order valence-electron chi connectivity index (χ3n) is 3.56. The van der Waals surface area contributed by atoms with E-state index in [1.807, 2.05) is 12.3 Å². The summed E-state index contributed by atoms with van der Waals surface area (Å²) in [7, 11) is 0. The minimum atomic E-state index is 0.153. The first-order valence-electron chi connectivity index (χ1n) is 7.35. The van der Waals surface area contributed by atoms with Crippen LogP contribution in [0.3, 0.4) is 0 Å². The Morgan fingerprint density at radius 3 is 2.65 bits per heavy atom. The third-order valence-corrected chi connectivity index (χ3v) is 3.56. The van der Waals surface area contributed by atoms with Crippen LogP contribution in [0.15, 0.2) is 30.5 Å². The number of pyridine rings is 1. The Morgan fingerprint density at radius 1 is 1.15 bits per heavy atom. The van der Waals surface area contributed by atoms with Gasteiger partial charge in [0.05, 0.1) is 5.52 Å². The van der Waals surface area contributed by atoms with E-state index in [1.54, 1.807) is 0 Å². The number of unbranched alkanes of at least 4 members (excludes halogenated alkanes) is 1. The van der Waals surface area contributed by atoms with Gasteiger partial charge in [-0.1, -0.05) is 32.9 Å². The number of anilines is 1. The predicted molar refractivity (Wildman–Crippen MR) is 87.2 cm³/mol. The fourth-order valence-electron chi connectivity index (χ4n) is 2.26. The summed E-state index contributed by atoms with van der Waals surface area (Å²) in [5, 5.41) is 4.67. The van der Waals surface area contributed by atoms with Gasteiger partial charge in [0.15, 0.2) is 0 Å². The molecule has 0 fully saturated rings. The fourth-order valence-corrected chi connectivity index (χ4v) is 2.26. The van der Waals surface area contributed by atoms with E-state index < -0.39 is 0 Å². The summed E-state index contributed by atoms with van der Waals surface area (Å²) in [5.74, 6) is 0. The van der Waals surface area contributed by atoms with Crippen molar-refractivity contribution in [2.75, 3.05) is 18.4 Å². The summed E-state index contributed by atoms with van der Waals surface area (Å²) < 4.78 is 0. The Morgan fingerprint density at radius 2 is 1.95 bits per heavy atom. The molecule has 3 heteroatoms. The topological polar surface area (TPSA) is 50.9 Å². The van der Waals surface area contributed by atoms with E-state index in [4.69, 9.17) is 5.73 Å². The molecule has 3 N–H and O–H groups in total. The summed E-state index contributed by atoms with van der Waals surface area (Å²) in [6.45, 7) is 8.39. The van der Waals surface area contributed by atoms with Gasteiger partial charge >= 0.3 is 0 Å². The Labute approximate surface area is 121 Å². The molecule has 1 aromatic heterocycles. The molecule has 0 bridgehead atoms. The van der Waals surface area contributed by atoms with Gasteiger partial charge in [0, 0.05) is 23.8 Å². The number of hydrogen-bond acceptors (Lipinski definition) is 3. The molecule has 2 aromatic rings. The molecule has 3 nitrogen and oxygen atoms in total. The Kier molecular flexibility index (Phi) is 4.61. The standard InChI is InChI=1S/C17H25N3/c1-17(2,3)13-6-7-14-15(19-10-5-4-9-18)8-11-20-16(14)12-13/h6-8,11-12H,4-5,9-10,18H2,1-3H3,(H,19,20). The highest BCUT2D eigenvalue weighted by molar-refractivity contribution is 5.91. The molecule has 0 aliphatic heterocycles. The van der Waals surface area contributed by atoms with Crippen molar-refractivity contribution >= 4 is 16.6 Å². The van der Waals surface area contributed by atoms with Crippen LogP contribution in [0.4, 0.5) is 5.69 Å². The summed E-state index contributed by atoms with van der Waals surface area (Å²) in [6.07, 6.45) is 4.03. The SMILES string of the molecule is CC(C)(C)c1ccc2c(NCCCCN)ccnc2c1. The molecule has 0 radical (unpaired) electrons. The van der Waals surface area contributed by atoms with Crippen LogP contribution in [0.2, 0.25) is 0 Å². The van der Waals surface area contributed by atoms with Crippen LogP contribution in [0.5, 0.6) is 0 Å². The maximum atomic E-state index is 5.52. The zero-order valence-corrected chi connectivity index (χ0v) is 12.7. The van der Waals surface area contributed by atoms with Crippen molar-refractivity contribution in [2.24, 2.45) is 5.73 Å². The molecular formula is C17H25N3. The second-order valence-electron chi connectivity index (χ2n) is 6.26. The molecule has 0 amide bonds. The van der Waals surface area contributed by atoms with Crippen molar-refractivity contribution in [3.05, 3.63) is 36.0 Å². The zero-order valence-electron chi connectivity index (χ0n) is 12.7. The second kappa shape index (κ2) is 6.23. The molecule has 0 aliphatic carbocycles. The van der Waals surface area contributed by atoms with E-state index in [0.717, 1.165) is 37.1 Å². The molecule has 1 heterocycles. The number of nitrogens with zero attached hydrogens (tertiary/aromatic N) is 1. The van der Waals surface area contributed by atoms with Gasteiger partial charge in [-0.25, -0.2) is 0 Å². The van der Waals surface area contributed by atoms with Gasteiger partial charge < -0.3 is 11.1 Å². The Hall–Kier alpha value is -1.61. The Balaban J connectivity index is 2.24. The molecule has 0 aliphatic rings. The van der Waals surface area contributed by atoms with Crippen LogP contribution >= 0.6 is 0 Å². The van der Waals surface area contributed by atoms with E-state index in [0.29, 0.717) is 0 Å². The van der Waals surface area contributed by atoms with Gasteiger partial charge in [-0.3, -0.25) is 4.98 Å². The van der Waals surface area contributed by atoms with Crippen LogP contribution in [0, 0.1) is 0 Å². The molecule has 108 valence electrons. The number of rotatable bonds is 5. The van der Waals surface area contributed by atoms with E-state index in [9.17, 15) is 0 Å². The second-order valence-corrected chi connectivity index (χ2v) is 6.26. The molecule has 0 saturated carbocycles. The molecule has 1 aromatic carbocycles. The van der Waals surface area contributed by atoms with Crippen molar-refractivity contribution < 1.29 is 0 Å². The van der Waals surface area contributed by atoms with E-state index in [1.165, 1.54) is 10.9 Å². The molecule has 0 atom stereocenters. The number of aromatic nitrogens is 1. The van der Waals surface area contributed by atoms with Gasteiger partial charge in [0.25, 0.3) is 0 Å². The summed E-state index contributed by atoms with van der Waals surface area (Å²) >= 11 is 0. The molecule has 0 saturated heterocycles. The Bertz CT molecular complexity index is 570. The summed E-state index contributed by atoms with van der Waals surface area (Å²) in [5.41, 5.74) is 9.21. The first-order chi connectivity index (χ1) is 9.52. The van der Waals surface area contributed by atoms with Gasteiger partial charge in [0.1, 0.15) is 0 Å². The fraction of sp³-hybridized carbons (Fsp3) is 0.471. The highest BCUT2D eigenvalue weighted by atomic mass is 14.9. The lowest BCUT2D eigenvalue weighted by atomic mass is 9.86. The van der Waals surface area contributed by atoms with Crippen LogP contribution in [-0.4, -0.2) is 18.1 Å². The number of fused-ring (bicyclic) bond motifs is 1. The molecule has 20 heavy (non-hydrogen) atoms. The summed E-state index contributed by atoms with van der Waals surface area (Å²) in [4.78, 5) is 4.50. The van der Waals surface area contributed by atoms with E-state index >= 15 is 0 Å². The summed E-state index contributed by atoms with van der Waals surface area (Å²) in [6, 6.07) is 8.62. The maximum Gasteiger partial charge on any atom is 0.0725 e. The number of nitrogens with two attached hydrogens (primary N) is 1. The van der Waals surface area contributed by atoms with Crippen molar-refractivity contribution in [1.29, 1.82) is 0 Å². The van der Waals surface area contributed by atoms with Crippen LogP contribution in [0.1, 0.15) is 39.2 Å². The largest absolute Gasteiger partial charge is 0.384 e. The lowest BCUT2D eigenvalue weighted by Gasteiger charge is -2.19. The number of nitrogens with one attached hydrogen (secondary N) is 1. The predicted octanol–water partition coefficient (Wildman–Crippen LogP) is 3.68. The normalized spacial score (nSPS) is 11.8. The van der Waals surface area contributed by atoms with Gasteiger partial charge in [0.2, 0.25) is 0 Å². The van der Waals surface area contributed by atoms with Gasteiger partial charge in [-0.15, -0.1) is 0 Å². The van der Waals surface area contributed by atoms with Crippen molar-refractivity contribution in [3.63, 3.8) is 0 Å². The number of hydrogen-bond donors (Lipinski definition) is 2. The lowest BCUT2D eigenvalue weighted by Crippen LogP contribution is -2.11. The highest BCUT2D eigenvalue weighted by Gasteiger charge is 2.14. The van der Waals surface area contributed by atoms with Crippen LogP contribution in [-0.2, 0) is 5.41 Å². The van der Waals surface area contributed by atoms with Gasteiger partial charge in [-0.05, 0) is 42.5 Å². The van der Waals surface area contributed by atoms with Crippen molar-refractivity contribution in [1.82, 2.24) is 4.98 Å². The van der Waals surface area contributed by atoms with E-state index in [2.05, 4.69) is 49.3 Å². The minimum Gasteiger partial charge on any atom is -0.384 e. The smallest absolute Gasteiger partial charge is 0.0725 e. The first-order valence-corrected chi connectivity index (χ1v) is 7.35. The quantitative estimate of drug-likeness (QED) is 0.816. The number of benzene rings is 1. The zero-order chi connectivity index (χ0) is 14.6. The molecule has 2 rings (SSSR count). The molecular weight excluding hydrogens is 246 g/mol. The third kappa shape index (κ3) is 3.48. The first kappa shape index (κ1) is 14.8. The maximum absolute atomic E-state index is 5.52. The van der Waals surface area contributed by atoms with Crippen LogP contribution in [0.25, 0.3) is 10.9 Å². The average Bonchev–Trinajstić information content (AvgIpc) is 2.42. The lowest BCUT2D eigenvalue weighted by molar-refractivity contribution is 0.591. The van der Waals surface area contributed by atoms with Crippen molar-refractivity contribution in [2.45, 2.75) is 39.0 Å². The van der Waals surface area contributed by atoms with E-state index in [-0.39, 0.29) is 5.41 Å². The molecule has 0 unspecified atom stereocenters. The highest BCUT2D eigenvalue weighted by Crippen LogP contribution is 2.28. The average molecular weight is 271 g/mol. The minimum absolute atomic E-state index is 0.153. The van der Waals surface area contributed by atoms with Crippen LogP contribution < -0.4 is 11.1 Å². The van der Waals surface area contributed by atoms with Crippen molar-refractivity contribution in [3.8, 4) is 0 Å².